The van der Waals surface area contributed by atoms with Crippen LogP contribution in [0.15, 0.2) is 29.1 Å². The van der Waals surface area contributed by atoms with E-state index in [0.717, 1.165) is 17.6 Å². The third kappa shape index (κ3) is 1.19. The fraction of sp³-hybridized carbons (Fsp3) is 0.300. The maximum atomic E-state index is 11.6. The minimum Gasteiger partial charge on any atom is -0.312 e. The molecule has 0 saturated heterocycles. The molecule has 14 heavy (non-hydrogen) atoms. The lowest BCUT2D eigenvalue weighted by Gasteiger charge is -2.17. The molecule has 0 aliphatic heterocycles. The maximum Gasteiger partial charge on any atom is 0.345 e. The molecule has 1 heterocycles. The lowest BCUT2D eigenvalue weighted by atomic mass is 10.3. The molecule has 2 rings (SSSR count). The average molecular weight is 191 g/mol. The number of fused-ring (bicyclic) bond motifs is 1. The summed E-state index contributed by atoms with van der Waals surface area (Å²) in [6.45, 7) is 2.80. The van der Waals surface area contributed by atoms with E-state index < -0.39 is 0 Å². The summed E-state index contributed by atoms with van der Waals surface area (Å²) in [6, 6.07) is 7.67. The molecule has 0 saturated carbocycles. The fourth-order valence-corrected chi connectivity index (χ4v) is 1.52. The van der Waals surface area contributed by atoms with Crippen LogP contribution in [0, 0.1) is 0 Å². The van der Waals surface area contributed by atoms with Crippen molar-refractivity contribution in [1.82, 2.24) is 9.66 Å². The normalized spacial score (nSPS) is 10.7. The summed E-state index contributed by atoms with van der Waals surface area (Å²) in [5, 5.41) is 1.88. The van der Waals surface area contributed by atoms with Crippen molar-refractivity contribution < 1.29 is 0 Å². The van der Waals surface area contributed by atoms with E-state index in [1.807, 2.05) is 43.2 Å². The highest BCUT2D eigenvalue weighted by molar-refractivity contribution is 5.75. The van der Waals surface area contributed by atoms with Crippen LogP contribution >= 0.6 is 0 Å². The van der Waals surface area contributed by atoms with Crippen LogP contribution in [0.2, 0.25) is 0 Å². The molecule has 4 nitrogen and oxygen atoms in total. The van der Waals surface area contributed by atoms with Crippen molar-refractivity contribution in [3.8, 4) is 0 Å². The molecular weight excluding hydrogens is 178 g/mol. The summed E-state index contributed by atoms with van der Waals surface area (Å²) in [5.41, 5.74) is 1.70. The van der Waals surface area contributed by atoms with E-state index >= 15 is 0 Å². The van der Waals surface area contributed by atoms with Gasteiger partial charge in [0, 0.05) is 13.6 Å². The van der Waals surface area contributed by atoms with E-state index in [1.165, 1.54) is 0 Å². The first-order valence-electron chi connectivity index (χ1n) is 4.65. The highest BCUT2D eigenvalue weighted by Gasteiger charge is 2.07. The largest absolute Gasteiger partial charge is 0.345 e. The molecular formula is C10H13N3O. The molecule has 0 amide bonds. The molecule has 0 aliphatic rings. The summed E-state index contributed by atoms with van der Waals surface area (Å²) >= 11 is 0. The molecule has 0 spiro atoms. The highest BCUT2D eigenvalue weighted by atomic mass is 16.2. The molecule has 1 aromatic carbocycles. The van der Waals surface area contributed by atoms with E-state index in [1.54, 1.807) is 4.68 Å². The number of imidazole rings is 1. The molecule has 1 N–H and O–H groups in total. The van der Waals surface area contributed by atoms with E-state index in [0.29, 0.717) is 0 Å². The van der Waals surface area contributed by atoms with Gasteiger partial charge in [-0.25, -0.2) is 9.47 Å². The summed E-state index contributed by atoms with van der Waals surface area (Å²) < 4.78 is 1.65. The predicted octanol–water partition coefficient (Wildman–Crippen LogP) is 0.917. The average Bonchev–Trinajstić information content (AvgIpc) is 2.53. The molecule has 2 aromatic rings. The molecule has 0 bridgehead atoms. The predicted molar refractivity (Wildman–Crippen MR) is 57.2 cm³/mol. The lowest BCUT2D eigenvalue weighted by Crippen LogP contribution is -2.37. The lowest BCUT2D eigenvalue weighted by molar-refractivity contribution is 0.668. The highest BCUT2D eigenvalue weighted by Crippen LogP contribution is 2.08. The number of hydrogen-bond donors (Lipinski definition) is 1. The van der Waals surface area contributed by atoms with E-state index in [4.69, 9.17) is 0 Å². The van der Waals surface area contributed by atoms with Crippen LogP contribution in [0.5, 0.6) is 0 Å². The zero-order chi connectivity index (χ0) is 10.1. The second-order valence-corrected chi connectivity index (χ2v) is 3.23. The van der Waals surface area contributed by atoms with Crippen LogP contribution in [0.25, 0.3) is 11.0 Å². The van der Waals surface area contributed by atoms with E-state index in [9.17, 15) is 4.79 Å². The Morgan fingerprint density at radius 1 is 1.43 bits per heavy atom. The van der Waals surface area contributed by atoms with Gasteiger partial charge in [0.05, 0.1) is 11.0 Å². The summed E-state index contributed by atoms with van der Waals surface area (Å²) in [4.78, 5) is 14.4. The summed E-state index contributed by atoms with van der Waals surface area (Å²) in [5.74, 6) is 0. The quantitative estimate of drug-likeness (QED) is 0.766. The van der Waals surface area contributed by atoms with E-state index in [2.05, 4.69) is 4.98 Å². The van der Waals surface area contributed by atoms with Gasteiger partial charge in [-0.3, -0.25) is 0 Å². The van der Waals surface area contributed by atoms with Crippen LogP contribution in [0.1, 0.15) is 6.92 Å². The van der Waals surface area contributed by atoms with Crippen LogP contribution in [0.3, 0.4) is 0 Å². The Balaban J connectivity index is 2.74. The zero-order valence-electron chi connectivity index (χ0n) is 8.32. The number of rotatable bonds is 2. The topological polar surface area (TPSA) is 41.0 Å². The smallest absolute Gasteiger partial charge is 0.312 e. The number of hydrogen-bond acceptors (Lipinski definition) is 2. The van der Waals surface area contributed by atoms with Crippen LogP contribution < -0.4 is 10.7 Å². The number of aromatic nitrogens is 2. The Hall–Kier alpha value is -1.71. The monoisotopic (exact) mass is 191 g/mol. The van der Waals surface area contributed by atoms with Crippen molar-refractivity contribution in [1.29, 1.82) is 0 Å². The SMILES string of the molecule is CCN(C)n1c(=O)[nH]c2ccccc21. The van der Waals surface area contributed by atoms with Gasteiger partial charge in [-0.1, -0.05) is 12.1 Å². The zero-order valence-corrected chi connectivity index (χ0v) is 8.32. The van der Waals surface area contributed by atoms with Gasteiger partial charge in [-0.2, -0.15) is 0 Å². The molecule has 0 atom stereocenters. The van der Waals surface area contributed by atoms with Gasteiger partial charge >= 0.3 is 5.69 Å². The molecule has 0 radical (unpaired) electrons. The molecule has 0 aliphatic carbocycles. The summed E-state index contributed by atoms with van der Waals surface area (Å²) in [7, 11) is 1.89. The van der Waals surface area contributed by atoms with Gasteiger partial charge in [-0.15, -0.1) is 0 Å². The Kier molecular flexibility index (Phi) is 2.04. The maximum absolute atomic E-state index is 11.6. The van der Waals surface area contributed by atoms with Gasteiger partial charge in [0.1, 0.15) is 0 Å². The standard InChI is InChI=1S/C10H13N3O/c1-3-12(2)13-9-7-5-4-6-8(9)11-10(13)14/h4-7H,3H2,1-2H3,(H,11,14). The summed E-state index contributed by atoms with van der Waals surface area (Å²) in [6.07, 6.45) is 0. The van der Waals surface area contributed by atoms with Gasteiger partial charge in [0.2, 0.25) is 0 Å². The van der Waals surface area contributed by atoms with Gasteiger partial charge in [-0.05, 0) is 19.1 Å². The number of nitrogens with zero attached hydrogens (tertiary/aromatic N) is 2. The van der Waals surface area contributed by atoms with Crippen LogP contribution in [-0.4, -0.2) is 23.3 Å². The Labute approximate surface area is 81.7 Å². The molecule has 1 aromatic heterocycles. The first kappa shape index (κ1) is 8.87. The van der Waals surface area contributed by atoms with Crippen molar-refractivity contribution >= 4 is 11.0 Å². The molecule has 4 heteroatoms. The Morgan fingerprint density at radius 3 is 2.86 bits per heavy atom. The molecule has 74 valence electrons. The van der Waals surface area contributed by atoms with Crippen molar-refractivity contribution in [3.05, 3.63) is 34.7 Å². The number of H-pyrrole nitrogens is 1. The fourth-order valence-electron chi connectivity index (χ4n) is 1.52. The van der Waals surface area contributed by atoms with E-state index in [-0.39, 0.29) is 5.69 Å². The first-order valence-corrected chi connectivity index (χ1v) is 4.65. The van der Waals surface area contributed by atoms with Gasteiger partial charge in [0.25, 0.3) is 0 Å². The number of para-hydroxylation sites is 2. The van der Waals surface area contributed by atoms with Crippen molar-refractivity contribution in [2.24, 2.45) is 0 Å². The number of nitrogens with one attached hydrogen (secondary N) is 1. The Morgan fingerprint density at radius 2 is 2.14 bits per heavy atom. The number of benzene rings is 1. The molecule has 0 unspecified atom stereocenters. The molecule has 0 fully saturated rings. The van der Waals surface area contributed by atoms with Gasteiger partial charge in [0.15, 0.2) is 0 Å². The van der Waals surface area contributed by atoms with Crippen molar-refractivity contribution in [2.45, 2.75) is 6.92 Å². The Bertz CT molecular complexity index is 497. The van der Waals surface area contributed by atoms with Crippen molar-refractivity contribution in [3.63, 3.8) is 0 Å². The van der Waals surface area contributed by atoms with Gasteiger partial charge < -0.3 is 9.99 Å². The minimum absolute atomic E-state index is 0.0875. The van der Waals surface area contributed by atoms with Crippen molar-refractivity contribution in [2.75, 3.05) is 18.6 Å². The third-order valence-corrected chi connectivity index (χ3v) is 2.37. The number of aromatic amines is 1. The second kappa shape index (κ2) is 3.21. The van der Waals surface area contributed by atoms with Crippen LogP contribution in [-0.2, 0) is 0 Å². The second-order valence-electron chi connectivity index (χ2n) is 3.23. The first-order chi connectivity index (χ1) is 6.74. The third-order valence-electron chi connectivity index (χ3n) is 2.37. The minimum atomic E-state index is -0.0875. The van der Waals surface area contributed by atoms with Crippen LogP contribution in [0.4, 0.5) is 0 Å².